The van der Waals surface area contributed by atoms with Crippen LogP contribution in [0.25, 0.3) is 0 Å². The predicted molar refractivity (Wildman–Crippen MR) is 130 cm³/mol. The summed E-state index contributed by atoms with van der Waals surface area (Å²) in [4.78, 5) is 27.8. The van der Waals surface area contributed by atoms with Gasteiger partial charge in [0, 0.05) is 24.0 Å². The average Bonchev–Trinajstić information content (AvgIpc) is 2.80. The minimum atomic E-state index is -0.475. The number of nitrogens with zero attached hydrogens (tertiary/aromatic N) is 1. The lowest BCUT2D eigenvalue weighted by atomic mass is 10.1. The number of halogens is 1. The molecule has 0 fully saturated rings. The molecule has 2 aromatic rings. The molecule has 2 aromatic carbocycles. The van der Waals surface area contributed by atoms with Crippen molar-refractivity contribution in [3.63, 3.8) is 0 Å². The van der Waals surface area contributed by atoms with Gasteiger partial charge in [-0.2, -0.15) is 0 Å². The zero-order chi connectivity index (χ0) is 23.3. The van der Waals surface area contributed by atoms with Crippen LogP contribution >= 0.6 is 11.6 Å². The summed E-state index contributed by atoms with van der Waals surface area (Å²) in [5.41, 5.74) is 1.15. The van der Waals surface area contributed by atoms with Gasteiger partial charge in [0.25, 0.3) is 0 Å². The Bertz CT molecular complexity index is 827. The summed E-state index contributed by atoms with van der Waals surface area (Å²) >= 11 is 5.89. The number of hydrogen-bond acceptors (Lipinski definition) is 3. The number of nitrogens with one attached hydrogen (secondary N) is 1. The van der Waals surface area contributed by atoms with Crippen molar-refractivity contribution in [1.82, 2.24) is 10.2 Å². The average molecular weight is 459 g/mol. The van der Waals surface area contributed by atoms with E-state index < -0.39 is 6.04 Å². The van der Waals surface area contributed by atoms with Gasteiger partial charge in [-0.25, -0.2) is 0 Å². The molecule has 0 heterocycles. The van der Waals surface area contributed by atoms with Gasteiger partial charge in [0.2, 0.25) is 11.8 Å². The smallest absolute Gasteiger partial charge is 0.243 e. The summed E-state index contributed by atoms with van der Waals surface area (Å²) in [6.07, 6.45) is 3.04. The third-order valence-electron chi connectivity index (χ3n) is 5.49. The summed E-state index contributed by atoms with van der Waals surface area (Å²) in [6.45, 7) is 6.90. The van der Waals surface area contributed by atoms with Crippen molar-refractivity contribution < 1.29 is 14.3 Å². The molecule has 6 heteroatoms. The van der Waals surface area contributed by atoms with Crippen molar-refractivity contribution in [2.75, 3.05) is 13.2 Å². The molecule has 2 atom stereocenters. The number of hydrogen-bond donors (Lipinski definition) is 1. The van der Waals surface area contributed by atoms with Gasteiger partial charge in [-0.3, -0.25) is 9.59 Å². The largest absolute Gasteiger partial charge is 0.494 e. The summed E-state index contributed by atoms with van der Waals surface area (Å²) in [5.74, 6) is 0.620. The quantitative estimate of drug-likeness (QED) is 0.416. The number of rotatable bonds is 13. The molecule has 0 unspecified atom stereocenters. The van der Waals surface area contributed by atoms with E-state index in [1.165, 1.54) is 0 Å². The van der Waals surface area contributed by atoms with Crippen LogP contribution in [0.2, 0.25) is 5.02 Å². The van der Waals surface area contributed by atoms with Crippen molar-refractivity contribution in [2.45, 2.75) is 65.0 Å². The first-order valence-corrected chi connectivity index (χ1v) is 11.8. The maximum absolute atomic E-state index is 13.2. The van der Waals surface area contributed by atoms with Crippen LogP contribution in [-0.4, -0.2) is 41.9 Å². The fourth-order valence-electron chi connectivity index (χ4n) is 3.42. The lowest BCUT2D eigenvalue weighted by molar-refractivity contribution is -0.141. The van der Waals surface area contributed by atoms with Crippen LogP contribution in [0.5, 0.6) is 5.75 Å². The molecule has 0 aliphatic heterocycles. The molecule has 2 amide bonds. The van der Waals surface area contributed by atoms with E-state index in [2.05, 4.69) is 5.32 Å². The highest BCUT2D eigenvalue weighted by Gasteiger charge is 2.28. The first-order valence-electron chi connectivity index (χ1n) is 11.5. The van der Waals surface area contributed by atoms with Crippen molar-refractivity contribution in [3.8, 4) is 5.75 Å². The van der Waals surface area contributed by atoms with E-state index in [9.17, 15) is 9.59 Å². The van der Waals surface area contributed by atoms with Gasteiger partial charge in [-0.05, 0) is 62.4 Å². The maximum atomic E-state index is 13.2. The van der Waals surface area contributed by atoms with E-state index in [-0.39, 0.29) is 17.9 Å². The summed E-state index contributed by atoms with van der Waals surface area (Å²) in [6, 6.07) is 16.8. The Balaban J connectivity index is 1.99. The normalized spacial score (nSPS) is 12.6. The van der Waals surface area contributed by atoms with E-state index in [1.54, 1.807) is 17.0 Å². The van der Waals surface area contributed by atoms with Gasteiger partial charge < -0.3 is 15.0 Å². The van der Waals surface area contributed by atoms with Crippen molar-refractivity contribution >= 4 is 23.4 Å². The Hall–Kier alpha value is -2.53. The predicted octanol–water partition coefficient (Wildman–Crippen LogP) is 5.26. The third kappa shape index (κ3) is 8.54. The molecule has 0 spiro atoms. The van der Waals surface area contributed by atoms with Gasteiger partial charge in [0.05, 0.1) is 6.61 Å². The number of benzene rings is 2. The number of carbonyl (C=O) groups is 2. The van der Waals surface area contributed by atoms with Gasteiger partial charge >= 0.3 is 0 Å². The molecule has 174 valence electrons. The fraction of sp³-hybridized carbons (Fsp3) is 0.462. The highest BCUT2D eigenvalue weighted by atomic mass is 35.5. The number of ether oxygens (including phenoxy) is 1. The van der Waals surface area contributed by atoms with Crippen molar-refractivity contribution in [3.05, 3.63) is 65.2 Å². The Morgan fingerprint density at radius 3 is 2.34 bits per heavy atom. The van der Waals surface area contributed by atoms with E-state index in [4.69, 9.17) is 16.3 Å². The third-order valence-corrected chi connectivity index (χ3v) is 5.74. The molecule has 0 saturated carbocycles. The van der Waals surface area contributed by atoms with Crippen LogP contribution in [0.4, 0.5) is 0 Å². The second-order valence-corrected chi connectivity index (χ2v) is 8.41. The minimum absolute atomic E-state index is 0.0215. The van der Waals surface area contributed by atoms with Crippen molar-refractivity contribution in [2.24, 2.45) is 0 Å². The number of carbonyl (C=O) groups excluding carboxylic acids is 2. The van der Waals surface area contributed by atoms with Crippen LogP contribution in [0.3, 0.4) is 0 Å². The van der Waals surface area contributed by atoms with Crippen LogP contribution in [0, 0.1) is 0 Å². The lowest BCUT2D eigenvalue weighted by Gasteiger charge is -2.31. The summed E-state index contributed by atoms with van der Waals surface area (Å²) in [5, 5.41) is 3.69. The van der Waals surface area contributed by atoms with Crippen molar-refractivity contribution in [1.29, 1.82) is 0 Å². The molecular formula is C26H35ClN2O3. The molecule has 0 aliphatic rings. The first kappa shape index (κ1) is 25.7. The Morgan fingerprint density at radius 2 is 1.72 bits per heavy atom. The fourth-order valence-corrected chi connectivity index (χ4v) is 3.55. The Labute approximate surface area is 197 Å². The second kappa shape index (κ2) is 13.8. The zero-order valence-electron chi connectivity index (χ0n) is 19.4. The first-order chi connectivity index (χ1) is 15.4. The molecule has 2 rings (SSSR count). The highest BCUT2D eigenvalue weighted by Crippen LogP contribution is 2.16. The minimum Gasteiger partial charge on any atom is -0.494 e. The van der Waals surface area contributed by atoms with Gasteiger partial charge in [0.15, 0.2) is 0 Å². The van der Waals surface area contributed by atoms with Crippen LogP contribution < -0.4 is 10.1 Å². The van der Waals surface area contributed by atoms with Crippen LogP contribution in [0.1, 0.15) is 52.0 Å². The second-order valence-electron chi connectivity index (χ2n) is 7.97. The maximum Gasteiger partial charge on any atom is 0.243 e. The van der Waals surface area contributed by atoms with E-state index in [1.807, 2.05) is 63.2 Å². The Kier molecular flexibility index (Phi) is 11.1. The lowest BCUT2D eigenvalue weighted by Crippen LogP contribution is -2.51. The molecule has 0 aliphatic carbocycles. The standard InChI is InChI=1S/C26H35ClN2O3/c1-4-20(3)28-26(31)24(5-2)29(18-17-21-10-7-6-8-11-21)25(30)12-9-19-32-23-15-13-22(27)14-16-23/h6-8,10-11,13-16,20,24H,4-5,9,12,17-19H2,1-3H3,(H,28,31)/t20-,24+/m0/s1. The summed E-state index contributed by atoms with van der Waals surface area (Å²) < 4.78 is 5.71. The zero-order valence-corrected chi connectivity index (χ0v) is 20.1. The Morgan fingerprint density at radius 1 is 1.03 bits per heavy atom. The van der Waals surface area contributed by atoms with Gasteiger partial charge in [-0.15, -0.1) is 0 Å². The topological polar surface area (TPSA) is 58.6 Å². The molecule has 5 nitrogen and oxygen atoms in total. The van der Waals surface area contributed by atoms with E-state index in [0.717, 1.165) is 17.7 Å². The highest BCUT2D eigenvalue weighted by molar-refractivity contribution is 6.30. The molecular weight excluding hydrogens is 424 g/mol. The van der Waals surface area contributed by atoms with E-state index >= 15 is 0 Å². The number of amides is 2. The molecule has 0 bridgehead atoms. The molecule has 0 saturated heterocycles. The van der Waals surface area contributed by atoms with Crippen LogP contribution in [0.15, 0.2) is 54.6 Å². The van der Waals surface area contributed by atoms with Gasteiger partial charge in [0.1, 0.15) is 11.8 Å². The monoisotopic (exact) mass is 458 g/mol. The molecule has 0 radical (unpaired) electrons. The SMILES string of the molecule is CC[C@H](C(=O)N[C@@H](C)CC)N(CCc1ccccc1)C(=O)CCCOc1ccc(Cl)cc1. The van der Waals surface area contributed by atoms with Gasteiger partial charge in [-0.1, -0.05) is 55.8 Å². The molecule has 0 aromatic heterocycles. The summed E-state index contributed by atoms with van der Waals surface area (Å²) in [7, 11) is 0. The van der Waals surface area contributed by atoms with Crippen LogP contribution in [-0.2, 0) is 16.0 Å². The van der Waals surface area contributed by atoms with E-state index in [0.29, 0.717) is 43.9 Å². The molecule has 1 N–H and O–H groups in total. The molecule has 32 heavy (non-hydrogen) atoms.